The van der Waals surface area contributed by atoms with Gasteiger partial charge in [-0.2, -0.15) is 5.10 Å². The van der Waals surface area contributed by atoms with Crippen molar-refractivity contribution in [3.05, 3.63) is 41.5 Å². The number of pyridine rings is 1. The Morgan fingerprint density at radius 3 is 2.84 bits per heavy atom. The first kappa shape index (κ1) is 23.6. The minimum Gasteiger partial charge on any atom is -0.481 e. The number of aromatic nitrogens is 6. The molecule has 2 aliphatic heterocycles. The number of nitrogens with zero attached hydrogens (tertiary/aromatic N) is 6. The highest BCUT2D eigenvalue weighted by Gasteiger charge is 2.55. The van der Waals surface area contributed by atoms with Crippen molar-refractivity contribution in [2.75, 3.05) is 13.7 Å². The molecule has 0 radical (unpaired) electrons. The molecule has 3 aromatic rings. The molecule has 3 aliphatic rings. The Morgan fingerprint density at radius 2 is 2.05 bits per heavy atom. The predicted octanol–water partition coefficient (Wildman–Crippen LogP) is 2.56. The number of nitrogens with one attached hydrogen (secondary N) is 2. The quantitative estimate of drug-likeness (QED) is 0.542. The topological polar surface area (TPSA) is 131 Å². The van der Waals surface area contributed by atoms with Crippen LogP contribution in [0.25, 0.3) is 11.3 Å². The minimum atomic E-state index is -0.541. The zero-order valence-corrected chi connectivity index (χ0v) is 20.8. The molecule has 11 nitrogen and oxygen atoms in total. The van der Waals surface area contributed by atoms with E-state index in [2.05, 4.69) is 35.3 Å². The second-order valence-electron chi connectivity index (χ2n) is 10.2. The molecular formula is C25H29FN8O3. The molecule has 12 heteroatoms. The van der Waals surface area contributed by atoms with Crippen LogP contribution in [0.15, 0.2) is 18.3 Å². The number of aryl methyl sites for hydroxylation is 1. The van der Waals surface area contributed by atoms with Gasteiger partial charge in [-0.3, -0.25) is 14.7 Å². The first-order valence-corrected chi connectivity index (χ1v) is 12.7. The molecule has 2 fully saturated rings. The number of likely N-dealkylation sites (tertiary alicyclic amines) is 1. The molecule has 3 aromatic heterocycles. The van der Waals surface area contributed by atoms with Crippen LogP contribution < -0.4 is 10.1 Å². The molecular weight excluding hydrogens is 479 g/mol. The van der Waals surface area contributed by atoms with Crippen molar-refractivity contribution in [3.8, 4) is 17.1 Å². The summed E-state index contributed by atoms with van der Waals surface area (Å²) in [5.41, 5.74) is 0.487. The Kier molecular flexibility index (Phi) is 5.68. The van der Waals surface area contributed by atoms with Gasteiger partial charge in [-0.25, -0.2) is 9.37 Å². The van der Waals surface area contributed by atoms with Crippen LogP contribution in [0.3, 0.4) is 0 Å². The summed E-state index contributed by atoms with van der Waals surface area (Å²) in [5, 5.41) is 18.6. The van der Waals surface area contributed by atoms with Crippen LogP contribution in [0.4, 0.5) is 4.39 Å². The highest BCUT2D eigenvalue weighted by Crippen LogP contribution is 2.50. The minimum absolute atomic E-state index is 0.0154. The molecule has 5 heterocycles. The van der Waals surface area contributed by atoms with Crippen molar-refractivity contribution < 1.29 is 18.7 Å². The largest absolute Gasteiger partial charge is 0.481 e. The number of hydrogen-bond acceptors (Lipinski definition) is 7. The van der Waals surface area contributed by atoms with Crippen LogP contribution in [0.1, 0.15) is 66.7 Å². The number of fused-ring (bicyclic) bond motifs is 1. The van der Waals surface area contributed by atoms with Gasteiger partial charge < -0.3 is 19.5 Å². The number of H-pyrrole nitrogens is 1. The second kappa shape index (κ2) is 8.93. The zero-order valence-electron chi connectivity index (χ0n) is 20.8. The fourth-order valence-corrected chi connectivity index (χ4v) is 5.74. The average molecular weight is 509 g/mol. The molecule has 0 aromatic carbocycles. The lowest BCUT2D eigenvalue weighted by Crippen LogP contribution is -2.51. The third-order valence-corrected chi connectivity index (χ3v) is 7.94. The Hall–Kier alpha value is -3.83. The molecule has 2 N–H and O–H groups in total. The van der Waals surface area contributed by atoms with Crippen molar-refractivity contribution in [2.24, 2.45) is 5.92 Å². The van der Waals surface area contributed by atoms with Gasteiger partial charge in [0.15, 0.2) is 17.3 Å². The fourth-order valence-electron chi connectivity index (χ4n) is 5.74. The molecule has 0 bridgehead atoms. The highest BCUT2D eigenvalue weighted by atomic mass is 19.1. The smallest absolute Gasteiger partial charge is 0.274 e. The van der Waals surface area contributed by atoms with Crippen LogP contribution >= 0.6 is 0 Å². The maximum absolute atomic E-state index is 14.4. The van der Waals surface area contributed by atoms with Crippen LogP contribution in [-0.4, -0.2) is 65.9 Å². The molecule has 0 unspecified atom stereocenters. The molecule has 1 spiro atoms. The molecule has 194 valence electrons. The van der Waals surface area contributed by atoms with Crippen molar-refractivity contribution in [1.29, 1.82) is 0 Å². The van der Waals surface area contributed by atoms with Gasteiger partial charge in [0.2, 0.25) is 11.8 Å². The number of ether oxygens (including phenoxy) is 1. The van der Waals surface area contributed by atoms with E-state index in [9.17, 15) is 14.0 Å². The third kappa shape index (κ3) is 4.13. The van der Waals surface area contributed by atoms with E-state index < -0.39 is 5.82 Å². The van der Waals surface area contributed by atoms with Crippen molar-refractivity contribution in [3.63, 3.8) is 0 Å². The van der Waals surface area contributed by atoms with E-state index >= 15 is 0 Å². The summed E-state index contributed by atoms with van der Waals surface area (Å²) >= 11 is 0. The molecule has 1 saturated heterocycles. The van der Waals surface area contributed by atoms with Gasteiger partial charge in [0.05, 0.1) is 25.0 Å². The highest BCUT2D eigenvalue weighted by molar-refractivity contribution is 5.94. The van der Waals surface area contributed by atoms with Gasteiger partial charge in [-0.15, -0.1) is 10.2 Å². The SMILES string of the molecule is COc1cc(-c2cc(C(=O)N3CC[C@H](C(=O)N[C@@H]4CCCn5c(C)nnc54)CC34CC4)n[nH]2)c(F)cn1. The average Bonchev–Trinajstić information content (AvgIpc) is 3.31. The number of hydrogen-bond donors (Lipinski definition) is 2. The van der Waals surface area contributed by atoms with Crippen LogP contribution in [0, 0.1) is 18.7 Å². The number of methoxy groups -OCH3 is 1. The number of rotatable bonds is 5. The number of amides is 2. The van der Waals surface area contributed by atoms with Gasteiger partial charge in [0.1, 0.15) is 5.82 Å². The zero-order chi connectivity index (χ0) is 25.7. The first-order valence-electron chi connectivity index (χ1n) is 12.7. The summed E-state index contributed by atoms with van der Waals surface area (Å²) in [6.07, 6.45) is 5.79. The maximum Gasteiger partial charge on any atom is 0.274 e. The van der Waals surface area contributed by atoms with Gasteiger partial charge in [-0.05, 0) is 51.5 Å². The van der Waals surface area contributed by atoms with E-state index in [0.29, 0.717) is 25.1 Å². The Labute approximate surface area is 212 Å². The lowest BCUT2D eigenvalue weighted by Gasteiger charge is -2.39. The van der Waals surface area contributed by atoms with E-state index in [-0.39, 0.29) is 46.5 Å². The first-order chi connectivity index (χ1) is 17.9. The molecule has 37 heavy (non-hydrogen) atoms. The summed E-state index contributed by atoms with van der Waals surface area (Å²) in [7, 11) is 1.45. The molecule has 1 aliphatic carbocycles. The summed E-state index contributed by atoms with van der Waals surface area (Å²) in [4.78, 5) is 32.4. The standard InChI is InChI=1S/C25H29FN8O3/c1-14-29-32-22-18(4-3-8-33(14)22)28-23(35)15-5-9-34(25(12-15)6-7-25)24(36)20-11-19(30-31-20)16-10-21(37-2)27-13-17(16)26/h10-11,13,15,18H,3-9,12H2,1-2H3,(H,28,35)(H,30,31)/t15-,18+/m0/s1. The van der Waals surface area contributed by atoms with Gasteiger partial charge >= 0.3 is 0 Å². The lowest BCUT2D eigenvalue weighted by molar-refractivity contribution is -0.128. The Balaban J connectivity index is 1.14. The van der Waals surface area contributed by atoms with Crippen LogP contribution in [0.5, 0.6) is 5.88 Å². The number of carbonyl (C=O) groups is 2. The normalized spacial score (nSPS) is 22.0. The molecule has 2 atom stereocenters. The Morgan fingerprint density at radius 1 is 1.22 bits per heavy atom. The number of carbonyl (C=O) groups excluding carboxylic acids is 2. The number of halogens is 1. The number of aromatic amines is 1. The summed E-state index contributed by atoms with van der Waals surface area (Å²) in [6.45, 7) is 3.27. The number of piperidine rings is 1. The van der Waals surface area contributed by atoms with Crippen molar-refractivity contribution in [2.45, 2.75) is 63.6 Å². The Bertz CT molecular complexity index is 1360. The fraction of sp³-hybridized carbons (Fsp3) is 0.520. The van der Waals surface area contributed by atoms with E-state index in [4.69, 9.17) is 4.74 Å². The predicted molar refractivity (Wildman–Crippen MR) is 129 cm³/mol. The van der Waals surface area contributed by atoms with Crippen molar-refractivity contribution in [1.82, 2.24) is 40.2 Å². The summed E-state index contributed by atoms with van der Waals surface area (Å²) in [6, 6.07) is 2.88. The summed E-state index contributed by atoms with van der Waals surface area (Å²) < 4.78 is 21.5. The van der Waals surface area contributed by atoms with Gasteiger partial charge in [0.25, 0.3) is 5.91 Å². The third-order valence-electron chi connectivity index (χ3n) is 7.94. The van der Waals surface area contributed by atoms with E-state index in [1.807, 2.05) is 11.8 Å². The maximum atomic E-state index is 14.4. The molecule has 6 rings (SSSR count). The van der Waals surface area contributed by atoms with E-state index in [0.717, 1.165) is 50.1 Å². The second-order valence-corrected chi connectivity index (χ2v) is 10.2. The molecule has 2 amide bonds. The van der Waals surface area contributed by atoms with Crippen LogP contribution in [0.2, 0.25) is 0 Å². The van der Waals surface area contributed by atoms with E-state index in [1.165, 1.54) is 13.2 Å². The van der Waals surface area contributed by atoms with Crippen molar-refractivity contribution >= 4 is 11.8 Å². The monoisotopic (exact) mass is 508 g/mol. The molecule has 1 saturated carbocycles. The van der Waals surface area contributed by atoms with Crippen LogP contribution in [-0.2, 0) is 11.3 Å². The van der Waals surface area contributed by atoms with E-state index in [1.54, 1.807) is 6.07 Å². The lowest BCUT2D eigenvalue weighted by atomic mass is 9.87. The van der Waals surface area contributed by atoms with Gasteiger partial charge in [-0.1, -0.05) is 0 Å². The summed E-state index contributed by atoms with van der Waals surface area (Å²) in [5.74, 6) is 1.05. The van der Waals surface area contributed by atoms with Gasteiger partial charge in [0, 0.05) is 36.2 Å².